The second-order valence-electron chi connectivity index (χ2n) is 5.54. The number of nitrogens with two attached hydrogens (primary N) is 1. The van der Waals surface area contributed by atoms with Crippen LogP contribution in [0.5, 0.6) is 0 Å². The molecular formula is C14H24N4O2S. The molecular weight excluding hydrogens is 288 g/mol. The van der Waals surface area contributed by atoms with Gasteiger partial charge in [0.1, 0.15) is 10.7 Å². The molecule has 21 heavy (non-hydrogen) atoms. The van der Waals surface area contributed by atoms with Crippen LogP contribution < -0.4 is 16.0 Å². The molecule has 6 nitrogen and oxygen atoms in total. The van der Waals surface area contributed by atoms with Crippen molar-refractivity contribution in [3.63, 3.8) is 0 Å². The molecule has 0 saturated carbocycles. The van der Waals surface area contributed by atoms with Gasteiger partial charge in [-0.05, 0) is 12.3 Å². The van der Waals surface area contributed by atoms with Crippen molar-refractivity contribution in [3.05, 3.63) is 4.88 Å². The van der Waals surface area contributed by atoms with E-state index in [2.05, 4.69) is 36.0 Å². The third-order valence-electron chi connectivity index (χ3n) is 3.69. The number of nitrogen functional groups attached to an aromatic ring is 1. The standard InChI is InChI=1S/C14H24N4O2S/c1-4-10(9(2)3)16-13(19)11-12(15)17-14(21-11)18-5-7-20-8-6-18/h9-10H,4-8,15H2,1-3H3,(H,16,19). The van der Waals surface area contributed by atoms with Crippen LogP contribution in [0.2, 0.25) is 0 Å². The maximum atomic E-state index is 12.4. The van der Waals surface area contributed by atoms with E-state index in [9.17, 15) is 4.79 Å². The van der Waals surface area contributed by atoms with Crippen molar-refractivity contribution >= 4 is 28.2 Å². The van der Waals surface area contributed by atoms with Crippen molar-refractivity contribution in [2.24, 2.45) is 5.92 Å². The van der Waals surface area contributed by atoms with Crippen LogP contribution in [0, 0.1) is 5.92 Å². The zero-order valence-electron chi connectivity index (χ0n) is 12.9. The lowest BCUT2D eigenvalue weighted by Crippen LogP contribution is -2.38. The highest BCUT2D eigenvalue weighted by molar-refractivity contribution is 7.18. The number of aromatic nitrogens is 1. The fourth-order valence-corrected chi connectivity index (χ4v) is 3.29. The number of nitrogens with one attached hydrogen (secondary N) is 1. The Labute approximate surface area is 129 Å². The van der Waals surface area contributed by atoms with Gasteiger partial charge in [0.15, 0.2) is 5.13 Å². The number of carbonyl (C=O) groups is 1. The number of rotatable bonds is 5. The van der Waals surface area contributed by atoms with E-state index in [4.69, 9.17) is 10.5 Å². The van der Waals surface area contributed by atoms with Crippen LogP contribution in [0.25, 0.3) is 0 Å². The highest BCUT2D eigenvalue weighted by Crippen LogP contribution is 2.28. The minimum Gasteiger partial charge on any atom is -0.382 e. The molecule has 118 valence electrons. The van der Waals surface area contributed by atoms with Gasteiger partial charge in [-0.25, -0.2) is 4.98 Å². The van der Waals surface area contributed by atoms with E-state index in [1.165, 1.54) is 11.3 Å². The van der Waals surface area contributed by atoms with Crippen molar-refractivity contribution in [1.29, 1.82) is 0 Å². The second-order valence-corrected chi connectivity index (χ2v) is 6.52. The average Bonchev–Trinajstić information content (AvgIpc) is 2.87. The molecule has 0 bridgehead atoms. The van der Waals surface area contributed by atoms with Crippen LogP contribution in [-0.2, 0) is 4.74 Å². The first-order valence-electron chi connectivity index (χ1n) is 7.42. The van der Waals surface area contributed by atoms with Crippen LogP contribution >= 0.6 is 11.3 Å². The summed E-state index contributed by atoms with van der Waals surface area (Å²) in [4.78, 5) is 19.3. The van der Waals surface area contributed by atoms with Gasteiger partial charge in [0.2, 0.25) is 0 Å². The number of thiazole rings is 1. The van der Waals surface area contributed by atoms with Gasteiger partial charge in [-0.2, -0.15) is 0 Å². The SMILES string of the molecule is CCC(NC(=O)c1sc(N2CCOCC2)nc1N)C(C)C. The van der Waals surface area contributed by atoms with E-state index in [1.54, 1.807) is 0 Å². The Balaban J connectivity index is 2.09. The molecule has 1 atom stereocenters. The molecule has 2 rings (SSSR count). The van der Waals surface area contributed by atoms with Gasteiger partial charge in [-0.15, -0.1) is 0 Å². The maximum absolute atomic E-state index is 12.4. The summed E-state index contributed by atoms with van der Waals surface area (Å²) in [5.74, 6) is 0.592. The molecule has 0 radical (unpaired) electrons. The van der Waals surface area contributed by atoms with Crippen LogP contribution in [0.1, 0.15) is 36.9 Å². The molecule has 1 aromatic rings. The van der Waals surface area contributed by atoms with Gasteiger partial charge >= 0.3 is 0 Å². The van der Waals surface area contributed by atoms with E-state index in [1.807, 2.05) is 0 Å². The Hall–Kier alpha value is -1.34. The third-order valence-corrected chi connectivity index (χ3v) is 4.82. The predicted octanol–water partition coefficient (Wildman–Crippen LogP) is 1.73. The van der Waals surface area contributed by atoms with Gasteiger partial charge in [0.25, 0.3) is 5.91 Å². The van der Waals surface area contributed by atoms with Crippen LogP contribution in [0.3, 0.4) is 0 Å². The normalized spacial score (nSPS) is 17.0. The number of nitrogens with zero attached hydrogens (tertiary/aromatic N) is 2. The summed E-state index contributed by atoms with van der Waals surface area (Å²) in [5.41, 5.74) is 5.92. The van der Waals surface area contributed by atoms with Gasteiger partial charge < -0.3 is 20.7 Å². The fraction of sp³-hybridized carbons (Fsp3) is 0.714. The van der Waals surface area contributed by atoms with Crippen LogP contribution in [0.4, 0.5) is 10.9 Å². The molecule has 2 heterocycles. The van der Waals surface area contributed by atoms with E-state index >= 15 is 0 Å². The molecule has 0 aliphatic carbocycles. The monoisotopic (exact) mass is 312 g/mol. The van der Waals surface area contributed by atoms with Crippen molar-refractivity contribution < 1.29 is 9.53 Å². The number of carbonyl (C=O) groups excluding carboxylic acids is 1. The summed E-state index contributed by atoms with van der Waals surface area (Å²) in [5, 5.41) is 3.85. The van der Waals surface area contributed by atoms with E-state index in [0.29, 0.717) is 29.8 Å². The number of morpholine rings is 1. The van der Waals surface area contributed by atoms with Crippen molar-refractivity contribution in [2.45, 2.75) is 33.2 Å². The number of hydrogen-bond donors (Lipinski definition) is 2. The van der Waals surface area contributed by atoms with E-state index < -0.39 is 0 Å². The highest BCUT2D eigenvalue weighted by Gasteiger charge is 2.23. The van der Waals surface area contributed by atoms with E-state index in [-0.39, 0.29) is 11.9 Å². The Morgan fingerprint density at radius 3 is 2.71 bits per heavy atom. The molecule has 1 aliphatic heterocycles. The van der Waals surface area contributed by atoms with Crippen molar-refractivity contribution in [1.82, 2.24) is 10.3 Å². The molecule has 1 unspecified atom stereocenters. The molecule has 1 fully saturated rings. The zero-order valence-corrected chi connectivity index (χ0v) is 13.7. The first kappa shape index (κ1) is 16.0. The Morgan fingerprint density at radius 1 is 1.48 bits per heavy atom. The summed E-state index contributed by atoms with van der Waals surface area (Å²) in [6.07, 6.45) is 0.901. The van der Waals surface area contributed by atoms with E-state index in [0.717, 1.165) is 24.6 Å². The summed E-state index contributed by atoms with van der Waals surface area (Å²) < 4.78 is 5.32. The Kier molecular flexibility index (Phi) is 5.41. The molecule has 3 N–H and O–H groups in total. The zero-order chi connectivity index (χ0) is 15.4. The minimum absolute atomic E-state index is 0.120. The molecule has 1 aliphatic rings. The largest absolute Gasteiger partial charge is 0.382 e. The maximum Gasteiger partial charge on any atom is 0.265 e. The molecule has 1 saturated heterocycles. The number of ether oxygens (including phenoxy) is 1. The Morgan fingerprint density at radius 2 is 2.14 bits per heavy atom. The van der Waals surface area contributed by atoms with Crippen LogP contribution in [0.15, 0.2) is 0 Å². The summed E-state index contributed by atoms with van der Waals surface area (Å²) in [7, 11) is 0. The lowest BCUT2D eigenvalue weighted by atomic mass is 10.0. The minimum atomic E-state index is -0.120. The summed E-state index contributed by atoms with van der Waals surface area (Å²) in [6.45, 7) is 9.22. The number of anilines is 2. The first-order chi connectivity index (χ1) is 10.0. The van der Waals surface area contributed by atoms with Crippen molar-refractivity contribution in [3.8, 4) is 0 Å². The smallest absolute Gasteiger partial charge is 0.265 e. The second kappa shape index (κ2) is 7.09. The van der Waals surface area contributed by atoms with Crippen LogP contribution in [-0.4, -0.2) is 43.2 Å². The van der Waals surface area contributed by atoms with Gasteiger partial charge in [0.05, 0.1) is 13.2 Å². The molecule has 0 aromatic carbocycles. The first-order valence-corrected chi connectivity index (χ1v) is 8.24. The number of hydrogen-bond acceptors (Lipinski definition) is 6. The molecule has 7 heteroatoms. The Bertz CT molecular complexity index is 483. The van der Waals surface area contributed by atoms with Gasteiger partial charge in [0, 0.05) is 19.1 Å². The lowest BCUT2D eigenvalue weighted by molar-refractivity contribution is 0.0929. The topological polar surface area (TPSA) is 80.5 Å². The summed E-state index contributed by atoms with van der Waals surface area (Å²) in [6, 6.07) is 0.158. The highest BCUT2D eigenvalue weighted by atomic mass is 32.1. The van der Waals surface area contributed by atoms with Gasteiger partial charge in [-0.3, -0.25) is 4.79 Å². The summed E-state index contributed by atoms with van der Waals surface area (Å²) >= 11 is 1.36. The van der Waals surface area contributed by atoms with Crippen molar-refractivity contribution in [2.75, 3.05) is 36.9 Å². The predicted molar refractivity (Wildman–Crippen MR) is 85.9 cm³/mol. The average molecular weight is 312 g/mol. The number of amides is 1. The molecule has 0 spiro atoms. The van der Waals surface area contributed by atoms with Gasteiger partial charge in [-0.1, -0.05) is 32.1 Å². The molecule has 1 aromatic heterocycles. The third kappa shape index (κ3) is 3.85. The quantitative estimate of drug-likeness (QED) is 0.865. The fourth-order valence-electron chi connectivity index (χ4n) is 2.35. The molecule has 1 amide bonds. The lowest BCUT2D eigenvalue weighted by Gasteiger charge is -2.25.